The molecular formula is C22H30F2IN3O2. The number of carbonyl (C=O) groups excluding carboxylic acids is 1. The van der Waals surface area contributed by atoms with Gasteiger partial charge in [-0.05, 0) is 52.1 Å². The first-order valence-corrected chi connectivity index (χ1v) is 13.4. The van der Waals surface area contributed by atoms with Crippen LogP contribution in [0, 0.1) is 5.41 Å². The highest BCUT2D eigenvalue weighted by Gasteiger charge is 2.48. The third kappa shape index (κ3) is 4.69. The Morgan fingerprint density at radius 3 is 2.57 bits per heavy atom. The number of carbonyl (C=O) groups is 1. The minimum atomic E-state index is -2.82. The van der Waals surface area contributed by atoms with Crippen LogP contribution in [-0.2, 0) is 13.5 Å². The smallest absolute Gasteiger partial charge is 0.317 e. The summed E-state index contributed by atoms with van der Waals surface area (Å²) in [5, 5.41) is 0. The van der Waals surface area contributed by atoms with Gasteiger partial charge >= 0.3 is 9.90 Å². The number of cyclic esters (lactones) is 1. The predicted molar refractivity (Wildman–Crippen MR) is 123 cm³/mol. The van der Waals surface area contributed by atoms with E-state index in [1.54, 1.807) is 6.07 Å². The van der Waals surface area contributed by atoms with E-state index >= 15 is 0 Å². The molecule has 2 aliphatic heterocycles. The van der Waals surface area contributed by atoms with Gasteiger partial charge in [0, 0.05) is 50.9 Å². The van der Waals surface area contributed by atoms with E-state index in [4.69, 9.17) is 4.74 Å². The highest BCUT2D eigenvalue weighted by atomic mass is 127. The molecule has 1 aliphatic carbocycles. The maximum Gasteiger partial charge on any atom is 0.317 e. The van der Waals surface area contributed by atoms with Gasteiger partial charge in [-0.15, -0.1) is 0 Å². The van der Waals surface area contributed by atoms with Gasteiger partial charge in [0.1, 0.15) is 11.9 Å². The number of nitrogens with zero attached hydrogens (tertiary/aromatic N) is 3. The molecule has 5 nitrogen and oxygen atoms in total. The average Bonchev–Trinajstić information content (AvgIpc) is 3.07. The number of piperazine rings is 1. The van der Waals surface area contributed by atoms with Gasteiger partial charge in [-0.2, -0.15) is 8.78 Å². The van der Waals surface area contributed by atoms with Crippen LogP contribution in [0.2, 0.25) is 0 Å². The lowest BCUT2D eigenvalue weighted by Gasteiger charge is -2.35. The van der Waals surface area contributed by atoms with Crippen molar-refractivity contribution in [1.29, 1.82) is 0 Å². The summed E-state index contributed by atoms with van der Waals surface area (Å²) in [5.74, 6) is 0.790. The van der Waals surface area contributed by atoms with Crippen LogP contribution in [0.3, 0.4) is 0 Å². The van der Waals surface area contributed by atoms with E-state index < -0.39 is 24.7 Å². The summed E-state index contributed by atoms with van der Waals surface area (Å²) in [4.78, 5) is 21.2. The lowest BCUT2D eigenvalue weighted by Crippen LogP contribution is -2.47. The standard InChI is InChI=1S/C22H30F2IN3O2/c1-25-22(23,24)17-5-6-19(26-16-17)28-13-11-27(12-14-28)10-7-18-15-21(20(29)30-18)8-3-2-4-9-21/h5-6,16,18H,1-4,7-15H2. The topological polar surface area (TPSA) is 45.7 Å². The van der Waals surface area contributed by atoms with Gasteiger partial charge in [-0.25, -0.2) is 4.98 Å². The average molecular weight is 533 g/mol. The number of alkyl halides is 3. The number of pyridine rings is 1. The summed E-state index contributed by atoms with van der Waals surface area (Å²) in [7, 11) is 0. The molecule has 2 saturated heterocycles. The Morgan fingerprint density at radius 2 is 1.93 bits per heavy atom. The second-order valence-corrected chi connectivity index (χ2v) is 10.8. The molecule has 1 atom stereocenters. The number of rotatable bonds is 6. The number of hydrogen-bond acceptors (Lipinski definition) is 5. The number of halogens is 3. The number of hydrogen-bond donors (Lipinski definition) is 0. The highest BCUT2D eigenvalue weighted by molar-refractivity contribution is 14.2. The Kier molecular flexibility index (Phi) is 6.72. The molecule has 0 amide bonds. The van der Waals surface area contributed by atoms with E-state index in [1.165, 1.54) is 18.7 Å². The van der Waals surface area contributed by atoms with Gasteiger partial charge in [0.05, 0.1) is 5.41 Å². The predicted octanol–water partition coefficient (Wildman–Crippen LogP) is 4.31. The van der Waals surface area contributed by atoms with E-state index in [-0.39, 0.29) is 23.1 Å². The summed E-state index contributed by atoms with van der Waals surface area (Å²) >= 11 is -1.44. The van der Waals surface area contributed by atoms with Crippen LogP contribution < -0.4 is 4.90 Å². The van der Waals surface area contributed by atoms with Gasteiger partial charge in [0.15, 0.2) is 0 Å². The molecule has 8 heteroatoms. The van der Waals surface area contributed by atoms with Crippen LogP contribution in [0.15, 0.2) is 18.3 Å². The number of ether oxygens (including phenoxy) is 1. The van der Waals surface area contributed by atoms with Crippen molar-refractivity contribution < 1.29 is 18.3 Å². The largest absolute Gasteiger partial charge is 0.462 e. The summed E-state index contributed by atoms with van der Waals surface area (Å²) in [6, 6.07) is 3.18. The number of aromatic nitrogens is 1. The van der Waals surface area contributed by atoms with Gasteiger partial charge in [-0.1, -0.05) is 23.8 Å². The second kappa shape index (κ2) is 9.14. The molecule has 3 aliphatic rings. The van der Waals surface area contributed by atoms with Crippen molar-refractivity contribution in [1.82, 2.24) is 9.88 Å². The molecule has 4 rings (SSSR count). The molecule has 0 aromatic carbocycles. The molecule has 3 fully saturated rings. The van der Waals surface area contributed by atoms with Crippen LogP contribution in [0.25, 0.3) is 0 Å². The molecular weight excluding hydrogens is 503 g/mol. The Bertz CT molecular complexity index is 760. The van der Waals surface area contributed by atoms with Crippen molar-refractivity contribution in [2.24, 2.45) is 5.41 Å². The Morgan fingerprint density at radius 1 is 1.20 bits per heavy atom. The van der Waals surface area contributed by atoms with E-state index in [0.717, 1.165) is 77.1 Å². The minimum Gasteiger partial charge on any atom is -0.462 e. The van der Waals surface area contributed by atoms with Crippen molar-refractivity contribution in [3.63, 3.8) is 0 Å². The Labute approximate surface area is 186 Å². The van der Waals surface area contributed by atoms with Crippen molar-refractivity contribution >= 4 is 37.0 Å². The summed E-state index contributed by atoms with van der Waals surface area (Å²) in [6.07, 6.45) is 8.65. The quantitative estimate of drug-likeness (QED) is 0.310. The van der Waals surface area contributed by atoms with E-state index in [1.807, 2.05) is 0 Å². The van der Waals surface area contributed by atoms with Gasteiger partial charge in [0.2, 0.25) is 0 Å². The zero-order valence-electron chi connectivity index (χ0n) is 17.3. The monoisotopic (exact) mass is 533 g/mol. The molecule has 30 heavy (non-hydrogen) atoms. The SMILES string of the molecule is C=IC(F)(F)c1ccc(N2CCN(CCC3CC4(CCCCC4)C(=O)O3)CC2)nc1. The summed E-state index contributed by atoms with van der Waals surface area (Å²) < 4.78 is 33.9. The fraction of sp³-hybridized carbons (Fsp3) is 0.682. The van der Waals surface area contributed by atoms with E-state index in [9.17, 15) is 13.6 Å². The van der Waals surface area contributed by atoms with Crippen molar-refractivity contribution in [2.75, 3.05) is 37.6 Å². The molecule has 1 spiro atoms. The third-order valence-corrected chi connectivity index (χ3v) is 8.42. The lowest BCUT2D eigenvalue weighted by molar-refractivity contribution is -0.150. The van der Waals surface area contributed by atoms with Gasteiger partial charge in [-0.3, -0.25) is 9.69 Å². The first-order valence-electron chi connectivity index (χ1n) is 10.8. The lowest BCUT2D eigenvalue weighted by atomic mass is 9.72. The molecule has 1 aromatic rings. The molecule has 1 unspecified atom stereocenters. The number of esters is 1. The van der Waals surface area contributed by atoms with Crippen molar-refractivity contribution in [3.05, 3.63) is 23.9 Å². The normalized spacial score (nSPS) is 24.9. The maximum atomic E-state index is 13.8. The van der Waals surface area contributed by atoms with Gasteiger partial charge in [0.25, 0.3) is 0 Å². The van der Waals surface area contributed by atoms with Crippen LogP contribution in [0.4, 0.5) is 14.6 Å². The summed E-state index contributed by atoms with van der Waals surface area (Å²) in [5.41, 5.74) is -0.221. The zero-order valence-corrected chi connectivity index (χ0v) is 19.5. The highest BCUT2D eigenvalue weighted by Crippen LogP contribution is 2.46. The fourth-order valence-electron chi connectivity index (χ4n) is 4.98. The molecule has 3 heterocycles. The molecule has 0 bridgehead atoms. The fourth-order valence-corrected chi connectivity index (χ4v) is 5.74. The van der Waals surface area contributed by atoms with Crippen LogP contribution >= 0.6 is 20.7 Å². The van der Waals surface area contributed by atoms with Crippen molar-refractivity contribution in [3.8, 4) is 0 Å². The minimum absolute atomic E-state index is 0.0328. The van der Waals surface area contributed by atoms with E-state index in [0.29, 0.717) is 0 Å². The third-order valence-electron chi connectivity index (χ3n) is 6.84. The molecule has 1 saturated carbocycles. The Balaban J connectivity index is 1.23. The first kappa shape index (κ1) is 22.0. The molecule has 0 radical (unpaired) electrons. The molecule has 1 aromatic heterocycles. The summed E-state index contributed by atoms with van der Waals surface area (Å²) in [6.45, 7) is 4.36. The first-order chi connectivity index (χ1) is 14.4. The van der Waals surface area contributed by atoms with E-state index in [2.05, 4.69) is 19.3 Å². The van der Waals surface area contributed by atoms with Crippen molar-refractivity contribution in [2.45, 2.75) is 55.0 Å². The Hall–Kier alpha value is -1.16. The molecule has 166 valence electrons. The maximum absolute atomic E-state index is 13.8. The zero-order chi connectivity index (χ0) is 21.2. The van der Waals surface area contributed by atoms with Crippen LogP contribution in [0.5, 0.6) is 0 Å². The molecule has 0 N–H and O–H groups in total. The number of anilines is 1. The van der Waals surface area contributed by atoms with Crippen LogP contribution in [-0.4, -0.2) is 59.2 Å². The van der Waals surface area contributed by atoms with Crippen LogP contribution in [0.1, 0.15) is 50.5 Å². The second-order valence-electron chi connectivity index (χ2n) is 8.73. The van der Waals surface area contributed by atoms with Gasteiger partial charge < -0.3 is 9.64 Å².